The van der Waals surface area contributed by atoms with Gasteiger partial charge >= 0.3 is 0 Å². The van der Waals surface area contributed by atoms with E-state index in [1.54, 1.807) is 0 Å². The standard InChI is InChI=1S/C16H24N2O/c1-2-3-13-19-14-7-12-18-16(10-11-17)15-8-5-4-6-9-15/h4-6,8-9,16,18H,2-3,7,10,12-14H2,1H3. The van der Waals surface area contributed by atoms with Crippen LogP contribution in [0.5, 0.6) is 0 Å². The summed E-state index contributed by atoms with van der Waals surface area (Å²) < 4.78 is 5.52. The quantitative estimate of drug-likeness (QED) is 0.655. The van der Waals surface area contributed by atoms with Gasteiger partial charge in [0.1, 0.15) is 0 Å². The minimum absolute atomic E-state index is 0.127. The molecule has 104 valence electrons. The first kappa shape index (κ1) is 15.7. The zero-order valence-corrected chi connectivity index (χ0v) is 11.8. The van der Waals surface area contributed by atoms with E-state index in [0.717, 1.165) is 32.6 Å². The predicted octanol–water partition coefficient (Wildman–Crippen LogP) is 3.44. The van der Waals surface area contributed by atoms with Crippen LogP contribution in [0.25, 0.3) is 0 Å². The average Bonchev–Trinajstić information content (AvgIpc) is 2.46. The van der Waals surface area contributed by atoms with Gasteiger partial charge in [-0.25, -0.2) is 0 Å². The first-order valence-electron chi connectivity index (χ1n) is 7.11. The summed E-state index contributed by atoms with van der Waals surface area (Å²) in [5, 5.41) is 12.3. The molecule has 0 aliphatic rings. The van der Waals surface area contributed by atoms with Crippen molar-refractivity contribution in [1.29, 1.82) is 5.26 Å². The Kier molecular flexibility index (Phi) is 8.70. The molecule has 0 aliphatic carbocycles. The number of benzene rings is 1. The fraction of sp³-hybridized carbons (Fsp3) is 0.562. The first-order chi connectivity index (χ1) is 9.38. The van der Waals surface area contributed by atoms with E-state index < -0.39 is 0 Å². The van der Waals surface area contributed by atoms with Gasteiger partial charge in [-0.05, 0) is 24.9 Å². The number of nitrogens with zero attached hydrogens (tertiary/aromatic N) is 1. The summed E-state index contributed by atoms with van der Waals surface area (Å²) in [5.41, 5.74) is 1.18. The molecule has 0 bridgehead atoms. The number of ether oxygens (including phenoxy) is 1. The number of hydrogen-bond acceptors (Lipinski definition) is 3. The van der Waals surface area contributed by atoms with Crippen LogP contribution in [-0.4, -0.2) is 19.8 Å². The number of rotatable bonds is 10. The second-order valence-electron chi connectivity index (χ2n) is 4.60. The molecule has 0 saturated heterocycles. The summed E-state index contributed by atoms with van der Waals surface area (Å²) in [5.74, 6) is 0. The predicted molar refractivity (Wildman–Crippen MR) is 77.8 cm³/mol. The first-order valence-corrected chi connectivity index (χ1v) is 7.11. The van der Waals surface area contributed by atoms with E-state index in [1.165, 1.54) is 12.0 Å². The fourth-order valence-corrected chi connectivity index (χ4v) is 1.88. The Morgan fingerprint density at radius 2 is 1.95 bits per heavy atom. The summed E-state index contributed by atoms with van der Waals surface area (Å²) in [4.78, 5) is 0. The van der Waals surface area contributed by atoms with Gasteiger partial charge in [-0.3, -0.25) is 0 Å². The van der Waals surface area contributed by atoms with Gasteiger partial charge in [-0.1, -0.05) is 43.7 Å². The van der Waals surface area contributed by atoms with Gasteiger partial charge in [-0.2, -0.15) is 5.26 Å². The largest absolute Gasteiger partial charge is 0.381 e. The highest BCUT2D eigenvalue weighted by atomic mass is 16.5. The van der Waals surface area contributed by atoms with Crippen molar-refractivity contribution < 1.29 is 4.74 Å². The normalized spacial score (nSPS) is 12.0. The smallest absolute Gasteiger partial charge is 0.0641 e. The van der Waals surface area contributed by atoms with Crippen LogP contribution < -0.4 is 5.32 Å². The maximum atomic E-state index is 8.88. The molecule has 0 radical (unpaired) electrons. The zero-order valence-electron chi connectivity index (χ0n) is 11.8. The Labute approximate surface area is 116 Å². The van der Waals surface area contributed by atoms with E-state index in [-0.39, 0.29) is 6.04 Å². The summed E-state index contributed by atoms with van der Waals surface area (Å²) in [7, 11) is 0. The lowest BCUT2D eigenvalue weighted by Gasteiger charge is -2.16. The molecule has 0 fully saturated rings. The minimum Gasteiger partial charge on any atom is -0.381 e. The minimum atomic E-state index is 0.127. The molecule has 0 heterocycles. The van der Waals surface area contributed by atoms with Crippen LogP contribution >= 0.6 is 0 Å². The molecule has 0 aromatic heterocycles. The second kappa shape index (κ2) is 10.5. The van der Waals surface area contributed by atoms with Crippen molar-refractivity contribution in [2.75, 3.05) is 19.8 Å². The van der Waals surface area contributed by atoms with E-state index in [1.807, 2.05) is 18.2 Å². The molecule has 1 aromatic rings. The summed E-state index contributed by atoms with van der Waals surface area (Å²) in [6, 6.07) is 12.5. The fourth-order valence-electron chi connectivity index (χ4n) is 1.88. The monoisotopic (exact) mass is 260 g/mol. The SMILES string of the molecule is CCCCOCCCNC(CC#N)c1ccccc1. The molecule has 1 aromatic carbocycles. The van der Waals surface area contributed by atoms with Gasteiger partial charge in [0.2, 0.25) is 0 Å². The lowest BCUT2D eigenvalue weighted by atomic mass is 10.0. The van der Waals surface area contributed by atoms with Crippen LogP contribution in [0.2, 0.25) is 0 Å². The Morgan fingerprint density at radius 3 is 2.63 bits per heavy atom. The van der Waals surface area contributed by atoms with Crippen LogP contribution in [-0.2, 0) is 4.74 Å². The van der Waals surface area contributed by atoms with Gasteiger partial charge in [0.05, 0.1) is 12.5 Å². The highest BCUT2D eigenvalue weighted by Crippen LogP contribution is 2.15. The van der Waals surface area contributed by atoms with E-state index in [0.29, 0.717) is 6.42 Å². The van der Waals surface area contributed by atoms with Gasteiger partial charge in [0.25, 0.3) is 0 Å². The van der Waals surface area contributed by atoms with Gasteiger partial charge in [-0.15, -0.1) is 0 Å². The van der Waals surface area contributed by atoms with Gasteiger partial charge in [0, 0.05) is 19.3 Å². The van der Waals surface area contributed by atoms with Gasteiger partial charge in [0.15, 0.2) is 0 Å². The average molecular weight is 260 g/mol. The molecule has 1 unspecified atom stereocenters. The van der Waals surface area contributed by atoms with Crippen molar-refractivity contribution in [3.05, 3.63) is 35.9 Å². The maximum absolute atomic E-state index is 8.88. The molecule has 0 amide bonds. The molecule has 1 atom stereocenters. The third kappa shape index (κ3) is 6.95. The van der Waals surface area contributed by atoms with Gasteiger partial charge < -0.3 is 10.1 Å². The Hall–Kier alpha value is -1.37. The topological polar surface area (TPSA) is 45.0 Å². The van der Waals surface area contributed by atoms with Crippen LogP contribution in [0, 0.1) is 11.3 Å². The lowest BCUT2D eigenvalue weighted by molar-refractivity contribution is 0.128. The summed E-state index contributed by atoms with van der Waals surface area (Å²) >= 11 is 0. The third-order valence-electron chi connectivity index (χ3n) is 3.00. The maximum Gasteiger partial charge on any atom is 0.0641 e. The van der Waals surface area contributed by atoms with Crippen LogP contribution in [0.4, 0.5) is 0 Å². The van der Waals surface area contributed by atoms with Crippen LogP contribution in [0.3, 0.4) is 0 Å². The van der Waals surface area contributed by atoms with E-state index in [2.05, 4.69) is 30.4 Å². The van der Waals surface area contributed by atoms with Crippen molar-refractivity contribution in [3.63, 3.8) is 0 Å². The molecule has 0 spiro atoms. The van der Waals surface area contributed by atoms with E-state index >= 15 is 0 Å². The summed E-state index contributed by atoms with van der Waals surface area (Å²) in [6.45, 7) is 4.70. The van der Waals surface area contributed by atoms with Crippen molar-refractivity contribution in [1.82, 2.24) is 5.32 Å². The van der Waals surface area contributed by atoms with Crippen molar-refractivity contribution in [2.45, 2.75) is 38.6 Å². The van der Waals surface area contributed by atoms with Crippen molar-refractivity contribution >= 4 is 0 Å². The molecular formula is C16H24N2O. The van der Waals surface area contributed by atoms with E-state index in [9.17, 15) is 0 Å². The van der Waals surface area contributed by atoms with Crippen molar-refractivity contribution in [3.8, 4) is 6.07 Å². The Bertz CT molecular complexity index is 359. The molecule has 19 heavy (non-hydrogen) atoms. The summed E-state index contributed by atoms with van der Waals surface area (Å²) in [6.07, 6.45) is 3.80. The second-order valence-corrected chi connectivity index (χ2v) is 4.60. The highest BCUT2D eigenvalue weighted by Gasteiger charge is 2.09. The Balaban J connectivity index is 2.22. The zero-order chi connectivity index (χ0) is 13.8. The molecule has 1 rings (SSSR count). The molecule has 3 nitrogen and oxygen atoms in total. The number of unbranched alkanes of at least 4 members (excludes halogenated alkanes) is 1. The number of hydrogen-bond donors (Lipinski definition) is 1. The number of nitriles is 1. The van der Waals surface area contributed by atoms with Crippen molar-refractivity contribution in [2.24, 2.45) is 0 Å². The van der Waals surface area contributed by atoms with E-state index in [4.69, 9.17) is 10.00 Å². The molecule has 0 saturated carbocycles. The number of nitrogens with one attached hydrogen (secondary N) is 1. The molecule has 3 heteroatoms. The lowest BCUT2D eigenvalue weighted by Crippen LogP contribution is -2.23. The Morgan fingerprint density at radius 1 is 1.21 bits per heavy atom. The van der Waals surface area contributed by atoms with Crippen LogP contribution in [0.15, 0.2) is 30.3 Å². The third-order valence-corrected chi connectivity index (χ3v) is 3.00. The highest BCUT2D eigenvalue weighted by molar-refractivity contribution is 5.19. The molecule has 0 aliphatic heterocycles. The van der Waals surface area contributed by atoms with Crippen LogP contribution in [0.1, 0.15) is 44.2 Å². The molecule has 1 N–H and O–H groups in total. The molecular weight excluding hydrogens is 236 g/mol.